The molecule has 24 heavy (non-hydrogen) atoms. The van der Waals surface area contributed by atoms with Crippen LogP contribution in [0.5, 0.6) is 0 Å². The number of hydrogen-bond donors (Lipinski definition) is 3. The topological polar surface area (TPSA) is 56.1 Å². The molecule has 0 amide bonds. The lowest BCUT2D eigenvalue weighted by atomic mass is 9.96. The predicted octanol–water partition coefficient (Wildman–Crippen LogP) is 5.33. The highest BCUT2D eigenvalue weighted by Crippen LogP contribution is 2.22. The standard InChI is InChI=1S/C21H22N2O/c1-4-9-20(24)21(22)19-13-12-17(14-16(19)5-2)15(3)23-18-10-7-6-8-11-18/h4,6-14,22-24H,1,3,5H2,2H3/b20-9+,22-21?. The van der Waals surface area contributed by atoms with Crippen LogP contribution in [0.4, 0.5) is 5.69 Å². The molecule has 0 atom stereocenters. The van der Waals surface area contributed by atoms with E-state index in [2.05, 4.69) is 18.5 Å². The Morgan fingerprint density at radius 1 is 1.21 bits per heavy atom. The van der Waals surface area contributed by atoms with Crippen LogP contribution in [0, 0.1) is 5.41 Å². The van der Waals surface area contributed by atoms with Gasteiger partial charge in [0, 0.05) is 16.9 Å². The van der Waals surface area contributed by atoms with Crippen molar-refractivity contribution < 1.29 is 5.11 Å². The molecule has 0 saturated heterocycles. The number of allylic oxidation sites excluding steroid dienone is 3. The monoisotopic (exact) mass is 318 g/mol. The van der Waals surface area contributed by atoms with Gasteiger partial charge in [-0.05, 0) is 41.8 Å². The molecule has 0 aliphatic heterocycles. The first-order valence-corrected chi connectivity index (χ1v) is 7.82. The van der Waals surface area contributed by atoms with Gasteiger partial charge in [0.25, 0.3) is 0 Å². The minimum absolute atomic E-state index is 0.0892. The molecule has 0 saturated carbocycles. The zero-order valence-electron chi connectivity index (χ0n) is 13.8. The van der Waals surface area contributed by atoms with Gasteiger partial charge in [-0.25, -0.2) is 0 Å². The van der Waals surface area contributed by atoms with Crippen molar-refractivity contribution in [2.45, 2.75) is 13.3 Å². The lowest BCUT2D eigenvalue weighted by Crippen LogP contribution is -2.08. The molecule has 2 aromatic carbocycles. The summed E-state index contributed by atoms with van der Waals surface area (Å²) in [5, 5.41) is 21.3. The van der Waals surface area contributed by atoms with Crippen LogP contribution in [0.15, 0.2) is 79.6 Å². The summed E-state index contributed by atoms with van der Waals surface area (Å²) in [7, 11) is 0. The van der Waals surface area contributed by atoms with Crippen LogP contribution in [0.25, 0.3) is 5.70 Å². The fourth-order valence-corrected chi connectivity index (χ4v) is 2.42. The fourth-order valence-electron chi connectivity index (χ4n) is 2.42. The number of nitrogens with one attached hydrogen (secondary N) is 2. The molecule has 0 aliphatic rings. The van der Waals surface area contributed by atoms with Crippen LogP contribution in [0.2, 0.25) is 0 Å². The largest absolute Gasteiger partial charge is 0.506 e. The number of aliphatic hydroxyl groups is 1. The highest BCUT2D eigenvalue weighted by atomic mass is 16.3. The first-order chi connectivity index (χ1) is 11.6. The third-order valence-electron chi connectivity index (χ3n) is 3.70. The lowest BCUT2D eigenvalue weighted by molar-refractivity contribution is 0.443. The minimum Gasteiger partial charge on any atom is -0.506 e. The van der Waals surface area contributed by atoms with Gasteiger partial charge in [0.2, 0.25) is 0 Å². The van der Waals surface area contributed by atoms with Crippen molar-refractivity contribution in [3.05, 3.63) is 96.3 Å². The van der Waals surface area contributed by atoms with E-state index in [-0.39, 0.29) is 11.5 Å². The number of aryl methyl sites for hydroxylation is 1. The summed E-state index contributed by atoms with van der Waals surface area (Å²) in [6, 6.07) is 15.6. The van der Waals surface area contributed by atoms with Crippen LogP contribution in [-0.4, -0.2) is 10.8 Å². The van der Waals surface area contributed by atoms with Crippen molar-refractivity contribution in [3.63, 3.8) is 0 Å². The Morgan fingerprint density at radius 2 is 1.92 bits per heavy atom. The number of aliphatic hydroxyl groups excluding tert-OH is 1. The normalized spacial score (nSPS) is 11.0. The summed E-state index contributed by atoms with van der Waals surface area (Å²) >= 11 is 0. The average Bonchev–Trinajstić information content (AvgIpc) is 2.61. The highest BCUT2D eigenvalue weighted by molar-refractivity contribution is 6.10. The van der Waals surface area contributed by atoms with Gasteiger partial charge in [-0.3, -0.25) is 5.41 Å². The molecule has 0 radical (unpaired) electrons. The van der Waals surface area contributed by atoms with Gasteiger partial charge < -0.3 is 10.4 Å². The molecule has 3 nitrogen and oxygen atoms in total. The Morgan fingerprint density at radius 3 is 2.54 bits per heavy atom. The van der Waals surface area contributed by atoms with Gasteiger partial charge in [0.15, 0.2) is 0 Å². The van der Waals surface area contributed by atoms with Gasteiger partial charge in [-0.15, -0.1) is 0 Å². The van der Waals surface area contributed by atoms with Crippen molar-refractivity contribution in [3.8, 4) is 0 Å². The Kier molecular flexibility index (Phi) is 5.74. The van der Waals surface area contributed by atoms with Crippen LogP contribution in [0.1, 0.15) is 23.6 Å². The number of anilines is 1. The van der Waals surface area contributed by atoms with Crippen molar-refractivity contribution in [1.29, 1.82) is 5.41 Å². The molecule has 0 aromatic heterocycles. The Balaban J connectivity index is 2.28. The van der Waals surface area contributed by atoms with Crippen LogP contribution in [-0.2, 0) is 6.42 Å². The molecular formula is C21H22N2O. The van der Waals surface area contributed by atoms with Gasteiger partial charge >= 0.3 is 0 Å². The Bertz CT molecular complexity index is 789. The number of benzene rings is 2. The molecule has 0 heterocycles. The maximum absolute atomic E-state index is 9.90. The molecule has 0 fully saturated rings. The van der Waals surface area contributed by atoms with Gasteiger partial charge in [-0.1, -0.05) is 56.5 Å². The quantitative estimate of drug-likeness (QED) is 0.367. The minimum atomic E-state index is -0.0892. The summed E-state index contributed by atoms with van der Waals surface area (Å²) < 4.78 is 0. The van der Waals surface area contributed by atoms with E-state index in [0.29, 0.717) is 5.56 Å². The van der Waals surface area contributed by atoms with E-state index in [4.69, 9.17) is 5.41 Å². The molecule has 122 valence electrons. The lowest BCUT2D eigenvalue weighted by Gasteiger charge is -2.14. The van der Waals surface area contributed by atoms with Gasteiger partial charge in [0.1, 0.15) is 11.5 Å². The summed E-state index contributed by atoms with van der Waals surface area (Å²) in [5.74, 6) is -0.0892. The molecule has 3 N–H and O–H groups in total. The summed E-state index contributed by atoms with van der Waals surface area (Å²) in [6.45, 7) is 9.66. The van der Waals surface area contributed by atoms with Crippen molar-refractivity contribution >= 4 is 17.1 Å². The third kappa shape index (κ3) is 4.02. The number of hydrogen-bond acceptors (Lipinski definition) is 3. The maximum Gasteiger partial charge on any atom is 0.141 e. The zero-order valence-corrected chi connectivity index (χ0v) is 13.8. The molecule has 0 aliphatic carbocycles. The van der Waals surface area contributed by atoms with Crippen molar-refractivity contribution in [1.82, 2.24) is 0 Å². The van der Waals surface area contributed by atoms with E-state index in [1.165, 1.54) is 12.2 Å². The first kappa shape index (κ1) is 17.3. The van der Waals surface area contributed by atoms with Gasteiger partial charge in [0.05, 0.1) is 0 Å². The first-order valence-electron chi connectivity index (χ1n) is 7.82. The summed E-state index contributed by atoms with van der Waals surface area (Å²) in [5.41, 5.74) is 4.52. The Labute approximate surface area is 143 Å². The van der Waals surface area contributed by atoms with E-state index >= 15 is 0 Å². The second-order valence-corrected chi connectivity index (χ2v) is 5.36. The Hall–Kier alpha value is -3.07. The molecule has 2 aromatic rings. The maximum atomic E-state index is 9.90. The zero-order chi connectivity index (χ0) is 17.5. The van der Waals surface area contributed by atoms with E-state index < -0.39 is 0 Å². The molecule has 2 rings (SSSR count). The van der Waals surface area contributed by atoms with E-state index in [1.807, 2.05) is 55.5 Å². The molecule has 0 spiro atoms. The van der Waals surface area contributed by atoms with Gasteiger partial charge in [-0.2, -0.15) is 0 Å². The third-order valence-corrected chi connectivity index (χ3v) is 3.70. The second kappa shape index (κ2) is 7.97. The SMILES string of the molecule is C=C/C=C(/O)C(=N)c1ccc(C(=C)Nc2ccccc2)cc1CC. The van der Waals surface area contributed by atoms with Crippen molar-refractivity contribution in [2.75, 3.05) is 5.32 Å². The predicted molar refractivity (Wildman–Crippen MR) is 103 cm³/mol. The summed E-state index contributed by atoms with van der Waals surface area (Å²) in [6.07, 6.45) is 3.65. The molecule has 0 unspecified atom stereocenters. The van der Waals surface area contributed by atoms with E-state index in [1.54, 1.807) is 0 Å². The fraction of sp³-hybridized carbons (Fsp3) is 0.0952. The van der Waals surface area contributed by atoms with Crippen LogP contribution < -0.4 is 5.32 Å². The van der Waals surface area contributed by atoms with E-state index in [9.17, 15) is 5.11 Å². The molecular weight excluding hydrogens is 296 g/mol. The molecule has 0 bridgehead atoms. The second-order valence-electron chi connectivity index (χ2n) is 5.36. The molecule has 3 heteroatoms. The summed E-state index contributed by atoms with van der Waals surface area (Å²) in [4.78, 5) is 0. The van der Waals surface area contributed by atoms with E-state index in [0.717, 1.165) is 28.9 Å². The van der Waals surface area contributed by atoms with Crippen LogP contribution in [0.3, 0.4) is 0 Å². The average molecular weight is 318 g/mol. The smallest absolute Gasteiger partial charge is 0.141 e. The van der Waals surface area contributed by atoms with Crippen LogP contribution >= 0.6 is 0 Å². The van der Waals surface area contributed by atoms with Crippen molar-refractivity contribution in [2.24, 2.45) is 0 Å². The highest BCUT2D eigenvalue weighted by Gasteiger charge is 2.12. The number of rotatable bonds is 7. The number of para-hydroxylation sites is 1.